The molecule has 12 heavy (non-hydrogen) atoms. The van der Waals surface area contributed by atoms with E-state index >= 15 is 0 Å². The Bertz CT molecular complexity index is 275. The van der Waals surface area contributed by atoms with Crippen LogP contribution in [0.3, 0.4) is 0 Å². The van der Waals surface area contributed by atoms with Crippen LogP contribution >= 0.6 is 28.6 Å². The molecule has 0 aliphatic carbocycles. The van der Waals surface area contributed by atoms with Crippen LogP contribution in [-0.4, -0.2) is 0 Å². The van der Waals surface area contributed by atoms with E-state index in [1.807, 2.05) is 0 Å². The number of rotatable bonds is 0. The summed E-state index contributed by atoms with van der Waals surface area (Å²) >= 11 is 6.78. The van der Waals surface area contributed by atoms with E-state index in [-0.39, 0.29) is 4.90 Å². The fraction of sp³-hybridized carbons (Fsp3) is 0.143. The first-order chi connectivity index (χ1) is 5.39. The highest BCUT2D eigenvalue weighted by atomic mass is 79.9. The molecule has 66 valence electrons. The van der Waals surface area contributed by atoms with Crippen LogP contribution in [0.5, 0.6) is 0 Å². The highest BCUT2D eigenvalue weighted by molar-refractivity contribution is 9.10. The van der Waals surface area contributed by atoms with E-state index in [0.29, 0.717) is 4.47 Å². The Morgan fingerprint density at radius 3 is 2.17 bits per heavy atom. The first kappa shape index (κ1) is 9.92. The standard InChI is InChI=1S/C7H4BrF3S/c8-5-1-4(7(9,10)11)2-6(12)3-5/h1-3,12H. The first-order valence-corrected chi connectivity index (χ1v) is 4.20. The highest BCUT2D eigenvalue weighted by Gasteiger charge is 2.30. The second-order valence-corrected chi connectivity index (χ2v) is 3.63. The molecule has 5 heteroatoms. The molecule has 0 fully saturated rings. The van der Waals surface area contributed by atoms with Gasteiger partial charge in [-0.3, -0.25) is 0 Å². The molecule has 0 radical (unpaired) electrons. The molecule has 0 nitrogen and oxygen atoms in total. The third-order valence-electron chi connectivity index (χ3n) is 1.21. The van der Waals surface area contributed by atoms with Crippen molar-refractivity contribution in [2.75, 3.05) is 0 Å². The minimum absolute atomic E-state index is 0.289. The molecular weight excluding hydrogens is 253 g/mol. The van der Waals surface area contributed by atoms with Gasteiger partial charge < -0.3 is 0 Å². The molecule has 0 aliphatic heterocycles. The van der Waals surface area contributed by atoms with E-state index in [1.165, 1.54) is 6.07 Å². The largest absolute Gasteiger partial charge is 0.416 e. The van der Waals surface area contributed by atoms with Crippen LogP contribution in [0.1, 0.15) is 5.56 Å². The van der Waals surface area contributed by atoms with Crippen molar-refractivity contribution in [2.24, 2.45) is 0 Å². The summed E-state index contributed by atoms with van der Waals surface area (Å²) in [6, 6.07) is 3.49. The van der Waals surface area contributed by atoms with Crippen molar-refractivity contribution in [1.82, 2.24) is 0 Å². The summed E-state index contributed by atoms with van der Waals surface area (Å²) in [6.07, 6.45) is -4.30. The Hall–Kier alpha value is -0.160. The van der Waals surface area contributed by atoms with Crippen LogP contribution < -0.4 is 0 Å². The van der Waals surface area contributed by atoms with Gasteiger partial charge in [-0.2, -0.15) is 13.2 Å². The lowest BCUT2D eigenvalue weighted by molar-refractivity contribution is -0.137. The van der Waals surface area contributed by atoms with Gasteiger partial charge >= 0.3 is 6.18 Å². The molecule has 1 rings (SSSR count). The molecule has 0 N–H and O–H groups in total. The van der Waals surface area contributed by atoms with Crippen LogP contribution in [0, 0.1) is 0 Å². The minimum Gasteiger partial charge on any atom is -0.166 e. The summed E-state index contributed by atoms with van der Waals surface area (Å²) in [5.74, 6) is 0. The predicted octanol–water partition coefficient (Wildman–Crippen LogP) is 3.76. The quantitative estimate of drug-likeness (QED) is 0.672. The maximum Gasteiger partial charge on any atom is 0.416 e. The highest BCUT2D eigenvalue weighted by Crippen LogP contribution is 2.32. The lowest BCUT2D eigenvalue weighted by Crippen LogP contribution is -2.04. The van der Waals surface area contributed by atoms with Crippen LogP contribution in [0.15, 0.2) is 27.6 Å². The number of alkyl halides is 3. The van der Waals surface area contributed by atoms with Gasteiger partial charge in [-0.15, -0.1) is 12.6 Å². The first-order valence-electron chi connectivity index (χ1n) is 2.96. The molecule has 1 aromatic carbocycles. The number of thiol groups is 1. The third-order valence-corrected chi connectivity index (χ3v) is 1.93. The molecule has 0 unspecified atom stereocenters. The summed E-state index contributed by atoms with van der Waals surface area (Å²) in [5, 5.41) is 0. The third kappa shape index (κ3) is 2.42. The molecule has 0 saturated carbocycles. The lowest BCUT2D eigenvalue weighted by atomic mass is 10.2. The van der Waals surface area contributed by atoms with Crippen molar-refractivity contribution < 1.29 is 13.2 Å². The topological polar surface area (TPSA) is 0 Å². The van der Waals surface area contributed by atoms with Crippen LogP contribution in [0.4, 0.5) is 13.2 Å². The number of hydrogen-bond acceptors (Lipinski definition) is 1. The summed E-state index contributed by atoms with van der Waals surface area (Å²) in [7, 11) is 0. The Morgan fingerprint density at radius 2 is 1.75 bits per heavy atom. The predicted molar refractivity (Wildman–Crippen MR) is 46.4 cm³/mol. The van der Waals surface area contributed by atoms with Gasteiger partial charge in [0.05, 0.1) is 5.56 Å². The van der Waals surface area contributed by atoms with Gasteiger partial charge in [-0.25, -0.2) is 0 Å². The van der Waals surface area contributed by atoms with E-state index in [1.54, 1.807) is 0 Å². The molecule has 0 saturated heterocycles. The molecule has 0 amide bonds. The maximum atomic E-state index is 12.1. The van der Waals surface area contributed by atoms with E-state index in [9.17, 15) is 13.2 Å². The Labute approximate surface area is 81.3 Å². The molecule has 0 aliphatic rings. The van der Waals surface area contributed by atoms with Gasteiger partial charge in [0, 0.05) is 9.37 Å². The Kier molecular flexibility index (Phi) is 2.73. The molecular formula is C7H4BrF3S. The minimum atomic E-state index is -4.30. The van der Waals surface area contributed by atoms with E-state index in [2.05, 4.69) is 28.6 Å². The van der Waals surface area contributed by atoms with Crippen molar-refractivity contribution in [2.45, 2.75) is 11.1 Å². The van der Waals surface area contributed by atoms with E-state index < -0.39 is 11.7 Å². The van der Waals surface area contributed by atoms with Crippen molar-refractivity contribution in [3.05, 3.63) is 28.2 Å². The summed E-state index contributed by atoms with van der Waals surface area (Å²) < 4.78 is 36.7. The van der Waals surface area contributed by atoms with Gasteiger partial charge in [-0.05, 0) is 18.2 Å². The molecule has 0 bridgehead atoms. The number of benzene rings is 1. The SMILES string of the molecule is FC(F)(F)c1cc(S)cc(Br)c1. The van der Waals surface area contributed by atoms with Crippen molar-refractivity contribution in [1.29, 1.82) is 0 Å². The number of hydrogen-bond donors (Lipinski definition) is 1. The number of halogens is 4. The zero-order valence-corrected chi connectivity index (χ0v) is 8.17. The van der Waals surface area contributed by atoms with Gasteiger partial charge in [0.25, 0.3) is 0 Å². The smallest absolute Gasteiger partial charge is 0.166 e. The van der Waals surface area contributed by atoms with Crippen LogP contribution in [-0.2, 0) is 6.18 Å². The van der Waals surface area contributed by atoms with Crippen LogP contribution in [0.2, 0.25) is 0 Å². The summed E-state index contributed by atoms with van der Waals surface area (Å²) in [5.41, 5.74) is -0.693. The van der Waals surface area contributed by atoms with Crippen LogP contribution in [0.25, 0.3) is 0 Å². The van der Waals surface area contributed by atoms with E-state index in [4.69, 9.17) is 0 Å². The molecule has 0 spiro atoms. The second-order valence-electron chi connectivity index (χ2n) is 2.20. The van der Waals surface area contributed by atoms with Gasteiger partial charge in [0.15, 0.2) is 0 Å². The fourth-order valence-electron chi connectivity index (χ4n) is 0.738. The van der Waals surface area contributed by atoms with Crippen molar-refractivity contribution >= 4 is 28.6 Å². The molecule has 0 atom stereocenters. The molecule has 1 aromatic rings. The summed E-state index contributed by atoms with van der Waals surface area (Å²) in [6.45, 7) is 0. The average Bonchev–Trinajstić information content (AvgIpc) is 1.82. The average molecular weight is 257 g/mol. The molecule has 0 heterocycles. The maximum absolute atomic E-state index is 12.1. The zero-order chi connectivity index (χ0) is 9.35. The van der Waals surface area contributed by atoms with Gasteiger partial charge in [-0.1, -0.05) is 15.9 Å². The van der Waals surface area contributed by atoms with E-state index in [0.717, 1.165) is 12.1 Å². The second kappa shape index (κ2) is 3.30. The van der Waals surface area contributed by atoms with Gasteiger partial charge in [0.2, 0.25) is 0 Å². The van der Waals surface area contributed by atoms with Crippen molar-refractivity contribution in [3.63, 3.8) is 0 Å². The van der Waals surface area contributed by atoms with Gasteiger partial charge in [0.1, 0.15) is 0 Å². The Balaban J connectivity index is 3.18. The lowest BCUT2D eigenvalue weighted by Gasteiger charge is -2.07. The zero-order valence-electron chi connectivity index (χ0n) is 5.69. The Morgan fingerprint density at radius 1 is 1.17 bits per heavy atom. The normalized spacial score (nSPS) is 11.8. The summed E-state index contributed by atoms with van der Waals surface area (Å²) in [4.78, 5) is 0.289. The monoisotopic (exact) mass is 256 g/mol. The van der Waals surface area contributed by atoms with Crippen molar-refractivity contribution in [3.8, 4) is 0 Å². The fourth-order valence-corrected chi connectivity index (χ4v) is 1.69. The molecule has 0 aromatic heterocycles.